The largest absolute Gasteiger partial charge is 0.493 e. The quantitative estimate of drug-likeness (QED) is 0.407. The summed E-state index contributed by atoms with van der Waals surface area (Å²) < 4.78 is 7.04. The highest BCUT2D eigenvalue weighted by Gasteiger charge is 2.09. The minimum atomic E-state index is -0.218. The van der Waals surface area contributed by atoms with E-state index in [0.29, 0.717) is 38.9 Å². The lowest BCUT2D eigenvalue weighted by Crippen LogP contribution is -2.21. The predicted octanol–water partition coefficient (Wildman–Crippen LogP) is 5.16. The standard InChI is InChI=1S/C24H19Cl2N3O3/c25-20-8-6-16(12-21(20)26)14-29-15-27-22-9-7-17(13-19(22)24(29)31)28-23(30)10-11-32-18-4-2-1-3-5-18/h1-9,12-13,15H,10-11,14H2,(H,28,30). The molecule has 4 rings (SSSR count). The zero-order chi connectivity index (χ0) is 22.5. The van der Waals surface area contributed by atoms with Gasteiger partial charge in [-0.2, -0.15) is 0 Å². The van der Waals surface area contributed by atoms with Gasteiger partial charge in [0.1, 0.15) is 5.75 Å². The van der Waals surface area contributed by atoms with Gasteiger partial charge in [0.05, 0.1) is 46.8 Å². The van der Waals surface area contributed by atoms with E-state index in [1.54, 1.807) is 36.4 Å². The number of halogens is 2. The van der Waals surface area contributed by atoms with Crippen LogP contribution in [-0.4, -0.2) is 22.1 Å². The highest BCUT2D eigenvalue weighted by Crippen LogP contribution is 2.23. The van der Waals surface area contributed by atoms with E-state index in [2.05, 4.69) is 10.3 Å². The molecule has 0 radical (unpaired) electrons. The maximum absolute atomic E-state index is 13.0. The van der Waals surface area contributed by atoms with Crippen molar-refractivity contribution in [3.8, 4) is 5.75 Å². The Labute approximate surface area is 194 Å². The van der Waals surface area contributed by atoms with E-state index in [1.807, 2.05) is 30.3 Å². The van der Waals surface area contributed by atoms with Gasteiger partial charge in [-0.3, -0.25) is 14.2 Å². The number of aromatic nitrogens is 2. The van der Waals surface area contributed by atoms with Gasteiger partial charge in [-0.25, -0.2) is 4.98 Å². The second-order valence-electron chi connectivity index (χ2n) is 7.12. The molecule has 0 aliphatic carbocycles. The smallest absolute Gasteiger partial charge is 0.261 e. The van der Waals surface area contributed by atoms with Crippen LogP contribution in [0.3, 0.4) is 0 Å². The molecule has 0 saturated carbocycles. The van der Waals surface area contributed by atoms with Crippen LogP contribution in [0.5, 0.6) is 5.75 Å². The molecule has 0 aliphatic heterocycles. The fourth-order valence-electron chi connectivity index (χ4n) is 3.19. The number of nitrogens with zero attached hydrogens (tertiary/aromatic N) is 2. The molecule has 1 heterocycles. The van der Waals surface area contributed by atoms with Gasteiger partial charge in [-0.05, 0) is 48.0 Å². The molecule has 0 spiro atoms. The number of rotatable bonds is 7. The van der Waals surface area contributed by atoms with Crippen LogP contribution in [0.25, 0.3) is 10.9 Å². The fourth-order valence-corrected chi connectivity index (χ4v) is 3.51. The summed E-state index contributed by atoms with van der Waals surface area (Å²) >= 11 is 12.0. The van der Waals surface area contributed by atoms with Crippen LogP contribution >= 0.6 is 23.2 Å². The molecular formula is C24H19Cl2N3O3. The average Bonchev–Trinajstić information content (AvgIpc) is 2.79. The van der Waals surface area contributed by atoms with Crippen molar-refractivity contribution >= 4 is 45.7 Å². The number of ether oxygens (including phenoxy) is 1. The summed E-state index contributed by atoms with van der Waals surface area (Å²) in [6, 6.07) is 19.6. The van der Waals surface area contributed by atoms with E-state index in [4.69, 9.17) is 27.9 Å². The number of nitrogens with one attached hydrogen (secondary N) is 1. The molecule has 8 heteroatoms. The van der Waals surface area contributed by atoms with E-state index in [0.717, 1.165) is 5.56 Å². The molecule has 0 saturated heterocycles. The van der Waals surface area contributed by atoms with Gasteiger partial charge < -0.3 is 10.1 Å². The van der Waals surface area contributed by atoms with Crippen LogP contribution in [0.1, 0.15) is 12.0 Å². The molecular weight excluding hydrogens is 449 g/mol. The molecule has 0 fully saturated rings. The van der Waals surface area contributed by atoms with Crippen molar-refractivity contribution in [2.24, 2.45) is 0 Å². The summed E-state index contributed by atoms with van der Waals surface area (Å²) in [6.45, 7) is 0.549. The first-order chi connectivity index (χ1) is 15.5. The molecule has 1 N–H and O–H groups in total. The van der Waals surface area contributed by atoms with E-state index >= 15 is 0 Å². The SMILES string of the molecule is O=C(CCOc1ccccc1)Nc1ccc2ncn(Cc3ccc(Cl)c(Cl)c3)c(=O)c2c1. The number of fused-ring (bicyclic) bond motifs is 1. The number of carbonyl (C=O) groups excluding carboxylic acids is 1. The molecule has 0 unspecified atom stereocenters. The number of amides is 1. The summed E-state index contributed by atoms with van der Waals surface area (Å²) in [5, 5.41) is 4.09. The van der Waals surface area contributed by atoms with Crippen molar-refractivity contribution in [2.75, 3.05) is 11.9 Å². The van der Waals surface area contributed by atoms with Crippen molar-refractivity contribution in [2.45, 2.75) is 13.0 Å². The maximum atomic E-state index is 13.0. The van der Waals surface area contributed by atoms with Gasteiger partial charge in [0.25, 0.3) is 5.56 Å². The van der Waals surface area contributed by atoms with Crippen LogP contribution in [0.4, 0.5) is 5.69 Å². The van der Waals surface area contributed by atoms with Crippen molar-refractivity contribution in [3.05, 3.63) is 99.0 Å². The normalized spacial score (nSPS) is 10.8. The topological polar surface area (TPSA) is 73.2 Å². The van der Waals surface area contributed by atoms with Gasteiger partial charge in [0.15, 0.2) is 0 Å². The zero-order valence-electron chi connectivity index (χ0n) is 16.9. The Morgan fingerprint density at radius 2 is 1.81 bits per heavy atom. The molecule has 3 aromatic carbocycles. The number of carbonyl (C=O) groups is 1. The Hall–Kier alpha value is -3.35. The molecule has 4 aromatic rings. The summed E-state index contributed by atoms with van der Waals surface area (Å²) in [7, 11) is 0. The number of para-hydroxylation sites is 1. The molecule has 6 nitrogen and oxygen atoms in total. The third-order valence-corrected chi connectivity index (χ3v) is 5.52. The van der Waals surface area contributed by atoms with Crippen LogP contribution in [0.2, 0.25) is 10.0 Å². The van der Waals surface area contributed by atoms with Crippen LogP contribution in [0, 0.1) is 0 Å². The van der Waals surface area contributed by atoms with Crippen molar-refractivity contribution in [1.82, 2.24) is 9.55 Å². The number of hydrogen-bond donors (Lipinski definition) is 1. The lowest BCUT2D eigenvalue weighted by atomic mass is 10.2. The molecule has 32 heavy (non-hydrogen) atoms. The first-order valence-corrected chi connectivity index (χ1v) is 10.7. The highest BCUT2D eigenvalue weighted by molar-refractivity contribution is 6.42. The molecule has 1 amide bonds. The van der Waals surface area contributed by atoms with E-state index in [9.17, 15) is 9.59 Å². The van der Waals surface area contributed by atoms with E-state index in [-0.39, 0.29) is 24.5 Å². The van der Waals surface area contributed by atoms with Gasteiger partial charge >= 0.3 is 0 Å². The Bertz CT molecular complexity index is 1320. The zero-order valence-corrected chi connectivity index (χ0v) is 18.4. The van der Waals surface area contributed by atoms with E-state index in [1.165, 1.54) is 10.9 Å². The predicted molar refractivity (Wildman–Crippen MR) is 127 cm³/mol. The first-order valence-electron chi connectivity index (χ1n) is 9.90. The molecule has 0 bridgehead atoms. The monoisotopic (exact) mass is 467 g/mol. The molecule has 0 aliphatic rings. The second kappa shape index (κ2) is 9.85. The number of anilines is 1. The van der Waals surface area contributed by atoms with Gasteiger partial charge in [-0.15, -0.1) is 0 Å². The molecule has 162 valence electrons. The highest BCUT2D eigenvalue weighted by atomic mass is 35.5. The minimum absolute atomic E-state index is 0.182. The van der Waals surface area contributed by atoms with Gasteiger partial charge in [-0.1, -0.05) is 47.5 Å². The Morgan fingerprint density at radius 1 is 1.00 bits per heavy atom. The van der Waals surface area contributed by atoms with Gasteiger partial charge in [0, 0.05) is 5.69 Å². The molecule has 1 aromatic heterocycles. The van der Waals surface area contributed by atoms with Gasteiger partial charge in [0.2, 0.25) is 5.91 Å². The van der Waals surface area contributed by atoms with Crippen molar-refractivity contribution < 1.29 is 9.53 Å². The third kappa shape index (κ3) is 5.28. The average molecular weight is 468 g/mol. The minimum Gasteiger partial charge on any atom is -0.493 e. The Kier molecular flexibility index (Phi) is 6.73. The maximum Gasteiger partial charge on any atom is 0.261 e. The van der Waals surface area contributed by atoms with E-state index < -0.39 is 0 Å². The van der Waals surface area contributed by atoms with Crippen molar-refractivity contribution in [1.29, 1.82) is 0 Å². The molecule has 0 atom stereocenters. The van der Waals surface area contributed by atoms with Crippen LogP contribution in [0.15, 0.2) is 77.9 Å². The van der Waals surface area contributed by atoms with Crippen LogP contribution in [-0.2, 0) is 11.3 Å². The summed E-state index contributed by atoms with van der Waals surface area (Å²) in [5.74, 6) is 0.500. The van der Waals surface area contributed by atoms with Crippen LogP contribution < -0.4 is 15.6 Å². The Balaban J connectivity index is 1.46. The first kappa shape index (κ1) is 21.9. The summed E-state index contributed by atoms with van der Waals surface area (Å²) in [5.41, 5.74) is 1.68. The number of benzene rings is 3. The lowest BCUT2D eigenvalue weighted by molar-refractivity contribution is -0.116. The Morgan fingerprint density at radius 3 is 2.59 bits per heavy atom. The van der Waals surface area contributed by atoms with Crippen molar-refractivity contribution in [3.63, 3.8) is 0 Å². The summed E-state index contributed by atoms with van der Waals surface area (Å²) in [4.78, 5) is 29.6. The lowest BCUT2D eigenvalue weighted by Gasteiger charge is -2.10. The number of hydrogen-bond acceptors (Lipinski definition) is 4. The second-order valence-corrected chi connectivity index (χ2v) is 7.93. The summed E-state index contributed by atoms with van der Waals surface area (Å²) in [6.07, 6.45) is 1.67. The third-order valence-electron chi connectivity index (χ3n) is 4.79. The fraction of sp³-hybridized carbons (Fsp3) is 0.125.